The second-order valence-corrected chi connectivity index (χ2v) is 6.68. The molecule has 0 saturated carbocycles. The molecule has 3 nitrogen and oxygen atoms in total. The molecule has 2 aromatic rings. The van der Waals surface area contributed by atoms with Crippen LogP contribution in [0.2, 0.25) is 0 Å². The summed E-state index contributed by atoms with van der Waals surface area (Å²) in [6, 6.07) is 12.0. The first kappa shape index (κ1) is 17.5. The molecule has 0 spiro atoms. The van der Waals surface area contributed by atoms with Crippen LogP contribution >= 0.6 is 0 Å². The number of carbonyl (C=O) groups excluding carboxylic acids is 1. The lowest BCUT2D eigenvalue weighted by atomic mass is 9.92. The molecule has 0 fully saturated rings. The topological polar surface area (TPSA) is 38.3 Å². The van der Waals surface area contributed by atoms with Gasteiger partial charge < -0.3 is 10.1 Å². The molecule has 1 N–H and O–H groups in total. The van der Waals surface area contributed by atoms with Gasteiger partial charge in [-0.3, -0.25) is 4.79 Å². The highest BCUT2D eigenvalue weighted by molar-refractivity contribution is 5.81. The maximum Gasteiger partial charge on any atom is 0.261 e. The minimum absolute atomic E-state index is 0.186. The van der Waals surface area contributed by atoms with E-state index >= 15 is 0 Å². The monoisotopic (exact) mass is 341 g/mol. The van der Waals surface area contributed by atoms with Crippen molar-refractivity contribution in [2.24, 2.45) is 0 Å². The van der Waals surface area contributed by atoms with Crippen LogP contribution in [-0.2, 0) is 17.6 Å². The number of halogens is 1. The average molecular weight is 341 g/mol. The molecule has 0 unspecified atom stereocenters. The van der Waals surface area contributed by atoms with Crippen LogP contribution in [0.3, 0.4) is 0 Å². The molecule has 1 aliphatic rings. The Morgan fingerprint density at radius 2 is 1.72 bits per heavy atom. The Kier molecular flexibility index (Phi) is 5.37. The summed E-state index contributed by atoms with van der Waals surface area (Å²) in [5.74, 6) is 0.263. The van der Waals surface area contributed by atoms with Crippen LogP contribution in [0.15, 0.2) is 42.5 Å². The normalized spacial score (nSPS) is 15.8. The number of hydrogen-bond acceptors (Lipinski definition) is 2. The molecule has 0 saturated heterocycles. The van der Waals surface area contributed by atoms with E-state index in [4.69, 9.17) is 4.74 Å². The number of hydrogen-bond donors (Lipinski definition) is 1. The molecule has 0 heterocycles. The van der Waals surface area contributed by atoms with Gasteiger partial charge >= 0.3 is 0 Å². The van der Waals surface area contributed by atoms with E-state index in [1.54, 1.807) is 19.1 Å². The van der Waals surface area contributed by atoms with Gasteiger partial charge in [0.15, 0.2) is 6.10 Å². The van der Waals surface area contributed by atoms with Gasteiger partial charge in [-0.25, -0.2) is 4.39 Å². The third kappa shape index (κ3) is 4.38. The predicted octanol–water partition coefficient (Wildman–Crippen LogP) is 4.35. The van der Waals surface area contributed by atoms with E-state index in [0.717, 1.165) is 24.2 Å². The fourth-order valence-corrected chi connectivity index (χ4v) is 3.21. The second-order valence-electron chi connectivity index (χ2n) is 6.68. The first-order chi connectivity index (χ1) is 12.0. The largest absolute Gasteiger partial charge is 0.481 e. The number of rotatable bonds is 5. The highest BCUT2D eigenvalue weighted by atomic mass is 19.1. The maximum absolute atomic E-state index is 13.0. The first-order valence-corrected chi connectivity index (χ1v) is 8.87. The van der Waals surface area contributed by atoms with Gasteiger partial charge in [0, 0.05) is 0 Å². The summed E-state index contributed by atoms with van der Waals surface area (Å²) in [4.78, 5) is 12.4. The van der Waals surface area contributed by atoms with Crippen molar-refractivity contribution in [2.75, 3.05) is 0 Å². The number of ether oxygens (including phenoxy) is 1. The first-order valence-electron chi connectivity index (χ1n) is 8.87. The standard InChI is InChI=1S/C21H24FNO2/c1-14(16-7-10-19(22)11-8-16)23-21(24)15(2)25-20-12-9-17-5-3-4-6-18(17)13-20/h7-15H,3-6H2,1-2H3,(H,23,24)/t14-,15+/m1/s1. The van der Waals surface area contributed by atoms with Crippen molar-refractivity contribution in [3.05, 3.63) is 65.0 Å². The summed E-state index contributed by atoms with van der Waals surface area (Å²) in [5.41, 5.74) is 3.58. The van der Waals surface area contributed by atoms with Crippen LogP contribution in [0.5, 0.6) is 5.75 Å². The summed E-state index contributed by atoms with van der Waals surface area (Å²) in [6.07, 6.45) is 4.06. The van der Waals surface area contributed by atoms with Gasteiger partial charge in [0.1, 0.15) is 11.6 Å². The Morgan fingerprint density at radius 1 is 1.04 bits per heavy atom. The fourth-order valence-electron chi connectivity index (χ4n) is 3.21. The van der Waals surface area contributed by atoms with Crippen LogP contribution in [-0.4, -0.2) is 12.0 Å². The van der Waals surface area contributed by atoms with Crippen molar-refractivity contribution in [1.82, 2.24) is 5.32 Å². The quantitative estimate of drug-likeness (QED) is 0.878. The van der Waals surface area contributed by atoms with E-state index in [1.165, 1.54) is 36.1 Å². The molecule has 0 radical (unpaired) electrons. The summed E-state index contributed by atoms with van der Waals surface area (Å²) in [5, 5.41) is 2.91. The molecule has 0 bridgehead atoms. The third-order valence-electron chi connectivity index (χ3n) is 4.73. The van der Waals surface area contributed by atoms with Gasteiger partial charge in [0.25, 0.3) is 5.91 Å². The smallest absolute Gasteiger partial charge is 0.261 e. The zero-order chi connectivity index (χ0) is 17.8. The highest BCUT2D eigenvalue weighted by Gasteiger charge is 2.19. The number of carbonyl (C=O) groups is 1. The van der Waals surface area contributed by atoms with Crippen molar-refractivity contribution in [1.29, 1.82) is 0 Å². The molecule has 2 atom stereocenters. The maximum atomic E-state index is 13.0. The molecule has 1 aliphatic carbocycles. The molecule has 0 aromatic heterocycles. The number of amides is 1. The number of fused-ring (bicyclic) bond motifs is 1. The van der Waals surface area contributed by atoms with E-state index in [2.05, 4.69) is 17.4 Å². The van der Waals surface area contributed by atoms with Crippen molar-refractivity contribution in [3.8, 4) is 5.75 Å². The molecular weight excluding hydrogens is 317 g/mol. The Hall–Kier alpha value is -2.36. The number of nitrogens with one attached hydrogen (secondary N) is 1. The van der Waals surface area contributed by atoms with Gasteiger partial charge in [-0.1, -0.05) is 18.2 Å². The van der Waals surface area contributed by atoms with E-state index in [0.29, 0.717) is 0 Å². The molecule has 132 valence electrons. The SMILES string of the molecule is C[C@H](Oc1ccc2c(c1)CCCC2)C(=O)N[C@H](C)c1ccc(F)cc1. The van der Waals surface area contributed by atoms with Gasteiger partial charge in [-0.05, 0) is 80.5 Å². The number of aryl methyl sites for hydroxylation is 2. The van der Waals surface area contributed by atoms with E-state index in [-0.39, 0.29) is 17.8 Å². The van der Waals surface area contributed by atoms with E-state index in [1.807, 2.05) is 13.0 Å². The zero-order valence-electron chi connectivity index (χ0n) is 14.7. The molecule has 1 amide bonds. The van der Waals surface area contributed by atoms with Crippen molar-refractivity contribution in [2.45, 2.75) is 51.7 Å². The zero-order valence-corrected chi connectivity index (χ0v) is 14.7. The van der Waals surface area contributed by atoms with Crippen molar-refractivity contribution in [3.63, 3.8) is 0 Å². The summed E-state index contributed by atoms with van der Waals surface area (Å²) in [6.45, 7) is 3.61. The Bertz CT molecular complexity index is 742. The van der Waals surface area contributed by atoms with Gasteiger partial charge in [0.05, 0.1) is 6.04 Å². The lowest BCUT2D eigenvalue weighted by molar-refractivity contribution is -0.127. The van der Waals surface area contributed by atoms with Crippen LogP contribution in [0, 0.1) is 5.82 Å². The van der Waals surface area contributed by atoms with E-state index in [9.17, 15) is 9.18 Å². The summed E-state index contributed by atoms with van der Waals surface area (Å²) >= 11 is 0. The molecule has 2 aromatic carbocycles. The van der Waals surface area contributed by atoms with Gasteiger partial charge in [-0.2, -0.15) is 0 Å². The lowest BCUT2D eigenvalue weighted by Gasteiger charge is -2.21. The predicted molar refractivity (Wildman–Crippen MR) is 96.1 cm³/mol. The Morgan fingerprint density at radius 3 is 2.44 bits per heavy atom. The minimum atomic E-state index is -0.593. The van der Waals surface area contributed by atoms with Crippen LogP contribution in [0.25, 0.3) is 0 Å². The van der Waals surface area contributed by atoms with Crippen LogP contribution < -0.4 is 10.1 Å². The number of benzene rings is 2. The Balaban J connectivity index is 1.59. The van der Waals surface area contributed by atoms with Gasteiger partial charge in [0.2, 0.25) is 0 Å². The summed E-state index contributed by atoms with van der Waals surface area (Å²) < 4.78 is 18.8. The average Bonchev–Trinajstić information content (AvgIpc) is 2.62. The van der Waals surface area contributed by atoms with E-state index < -0.39 is 6.10 Å². The lowest BCUT2D eigenvalue weighted by Crippen LogP contribution is -2.37. The molecule has 0 aliphatic heterocycles. The minimum Gasteiger partial charge on any atom is -0.481 e. The fraction of sp³-hybridized carbons (Fsp3) is 0.381. The molecule has 3 rings (SSSR count). The molecule has 4 heteroatoms. The Labute approximate surface area is 148 Å². The highest BCUT2D eigenvalue weighted by Crippen LogP contribution is 2.26. The van der Waals surface area contributed by atoms with Crippen molar-refractivity contribution < 1.29 is 13.9 Å². The second kappa shape index (κ2) is 7.68. The summed E-state index contributed by atoms with van der Waals surface area (Å²) in [7, 11) is 0. The van der Waals surface area contributed by atoms with Gasteiger partial charge in [-0.15, -0.1) is 0 Å². The van der Waals surface area contributed by atoms with Crippen LogP contribution in [0.4, 0.5) is 4.39 Å². The van der Waals surface area contributed by atoms with Crippen LogP contribution in [0.1, 0.15) is 49.4 Å². The third-order valence-corrected chi connectivity index (χ3v) is 4.73. The molecular formula is C21H24FNO2. The molecule has 25 heavy (non-hydrogen) atoms. The van der Waals surface area contributed by atoms with Crippen molar-refractivity contribution >= 4 is 5.91 Å².